The lowest BCUT2D eigenvalue weighted by Gasteiger charge is -2.12. The van der Waals surface area contributed by atoms with E-state index in [0.29, 0.717) is 24.5 Å². The molecule has 0 spiro atoms. The monoisotopic (exact) mass is 517 g/mol. The first-order valence-corrected chi connectivity index (χ1v) is 12.8. The zero-order valence-electron chi connectivity index (χ0n) is 21.6. The third kappa shape index (κ3) is 4.52. The van der Waals surface area contributed by atoms with Crippen molar-refractivity contribution < 1.29 is 19.2 Å². The molecule has 0 saturated heterocycles. The first kappa shape index (κ1) is 24.4. The van der Waals surface area contributed by atoms with Gasteiger partial charge < -0.3 is 19.7 Å². The molecule has 6 rings (SSSR count). The number of carbonyl (C=O) groups is 1. The summed E-state index contributed by atoms with van der Waals surface area (Å²) in [5.41, 5.74) is 7.46. The summed E-state index contributed by atoms with van der Waals surface area (Å²) in [5, 5.41) is 17.3. The highest BCUT2D eigenvalue weighted by Gasteiger charge is 2.51. The highest BCUT2D eigenvalue weighted by molar-refractivity contribution is 5.85. The summed E-state index contributed by atoms with van der Waals surface area (Å²) in [6.45, 7) is 1.91. The third-order valence-corrected chi connectivity index (χ3v) is 7.35. The molecule has 2 N–H and O–H groups in total. The van der Waals surface area contributed by atoms with Crippen LogP contribution in [0.4, 0.5) is 11.4 Å². The predicted octanol–water partition coefficient (Wildman–Crippen LogP) is 7.25. The van der Waals surface area contributed by atoms with Crippen LogP contribution in [0.25, 0.3) is 33.6 Å². The van der Waals surface area contributed by atoms with Crippen LogP contribution in [0.15, 0.2) is 95.6 Å². The number of carboxylic acids is 1. The summed E-state index contributed by atoms with van der Waals surface area (Å²) >= 11 is 0. The molecule has 7 heteroatoms. The number of aromatic nitrogens is 2. The van der Waals surface area contributed by atoms with Gasteiger partial charge in [0.1, 0.15) is 11.4 Å². The number of rotatable bonds is 8. The smallest absolute Gasteiger partial charge is 0.314 e. The Labute approximate surface area is 226 Å². The van der Waals surface area contributed by atoms with E-state index < -0.39 is 11.4 Å². The summed E-state index contributed by atoms with van der Waals surface area (Å²) in [6, 6.07) is 27.8. The fraction of sp³-hybridized carbons (Fsp3) is 0.156. The van der Waals surface area contributed by atoms with Crippen LogP contribution in [-0.4, -0.2) is 28.3 Å². The van der Waals surface area contributed by atoms with E-state index in [2.05, 4.69) is 15.5 Å². The van der Waals surface area contributed by atoms with Gasteiger partial charge in [0.2, 0.25) is 5.88 Å². The molecule has 0 aliphatic heterocycles. The quantitative estimate of drug-likeness (QED) is 0.224. The second-order valence-corrected chi connectivity index (χ2v) is 9.78. The number of hydrogen-bond donors (Lipinski definition) is 2. The largest absolute Gasteiger partial charge is 0.481 e. The lowest BCUT2D eigenvalue weighted by atomic mass is 9.93. The van der Waals surface area contributed by atoms with Crippen LogP contribution in [0.3, 0.4) is 0 Å². The first-order chi connectivity index (χ1) is 19.0. The van der Waals surface area contributed by atoms with E-state index in [1.807, 2.05) is 91.9 Å². The van der Waals surface area contributed by atoms with E-state index in [9.17, 15) is 9.90 Å². The van der Waals surface area contributed by atoms with Gasteiger partial charge in [0.05, 0.1) is 12.5 Å². The zero-order valence-corrected chi connectivity index (χ0v) is 21.6. The van der Waals surface area contributed by atoms with Crippen LogP contribution in [0.1, 0.15) is 24.1 Å². The molecule has 0 amide bonds. The molecule has 3 aromatic carbocycles. The predicted molar refractivity (Wildman–Crippen MR) is 150 cm³/mol. The molecule has 1 fully saturated rings. The normalized spacial score (nSPS) is 13.6. The van der Waals surface area contributed by atoms with Crippen molar-refractivity contribution in [1.82, 2.24) is 10.1 Å². The maximum absolute atomic E-state index is 11.6. The summed E-state index contributed by atoms with van der Waals surface area (Å²) in [6.07, 6.45) is 3.11. The van der Waals surface area contributed by atoms with Crippen LogP contribution in [-0.2, 0) is 10.2 Å². The number of ether oxygens (including phenoxy) is 1. The van der Waals surface area contributed by atoms with Crippen molar-refractivity contribution in [3.63, 3.8) is 0 Å². The number of anilines is 2. The van der Waals surface area contributed by atoms with Gasteiger partial charge >= 0.3 is 5.97 Å². The topological polar surface area (TPSA) is 97.5 Å². The number of pyridine rings is 1. The molecule has 1 aliphatic carbocycles. The van der Waals surface area contributed by atoms with Crippen LogP contribution in [0, 0.1) is 6.92 Å². The number of nitrogens with one attached hydrogen (secondary N) is 1. The van der Waals surface area contributed by atoms with E-state index in [-0.39, 0.29) is 0 Å². The van der Waals surface area contributed by atoms with Gasteiger partial charge in [0.25, 0.3) is 0 Å². The maximum atomic E-state index is 11.6. The van der Waals surface area contributed by atoms with E-state index in [4.69, 9.17) is 9.26 Å². The van der Waals surface area contributed by atoms with Gasteiger partial charge in [-0.25, -0.2) is 4.98 Å². The van der Waals surface area contributed by atoms with Crippen LogP contribution >= 0.6 is 0 Å². The fourth-order valence-corrected chi connectivity index (χ4v) is 4.94. The van der Waals surface area contributed by atoms with E-state index in [1.165, 1.54) is 0 Å². The van der Waals surface area contributed by atoms with Gasteiger partial charge in [-0.2, -0.15) is 0 Å². The van der Waals surface area contributed by atoms with E-state index >= 15 is 0 Å². The Morgan fingerprint density at radius 3 is 2.28 bits per heavy atom. The number of nitrogens with zero attached hydrogens (tertiary/aromatic N) is 2. The number of hydrogen-bond acceptors (Lipinski definition) is 6. The van der Waals surface area contributed by atoms with Crippen molar-refractivity contribution in [2.24, 2.45) is 0 Å². The van der Waals surface area contributed by atoms with Crippen molar-refractivity contribution in [2.75, 3.05) is 12.4 Å². The Morgan fingerprint density at radius 1 is 0.923 bits per heavy atom. The summed E-state index contributed by atoms with van der Waals surface area (Å²) in [7, 11) is 1.61. The van der Waals surface area contributed by atoms with Gasteiger partial charge in [-0.05, 0) is 66.3 Å². The summed E-state index contributed by atoms with van der Waals surface area (Å²) in [4.78, 5) is 15.9. The molecule has 0 unspecified atom stereocenters. The van der Waals surface area contributed by atoms with Gasteiger partial charge in [-0.3, -0.25) is 4.79 Å². The molecule has 1 aliphatic rings. The minimum absolute atomic E-state index is 0.570. The molecule has 7 nitrogen and oxygen atoms in total. The number of methoxy groups -OCH3 is 1. The highest BCUT2D eigenvalue weighted by atomic mass is 16.5. The lowest BCUT2D eigenvalue weighted by molar-refractivity contribution is -0.140. The summed E-state index contributed by atoms with van der Waals surface area (Å²) < 4.78 is 11.2. The Hall–Kier alpha value is -4.91. The van der Waals surface area contributed by atoms with E-state index in [1.54, 1.807) is 13.3 Å². The molecule has 194 valence electrons. The van der Waals surface area contributed by atoms with Gasteiger partial charge in [0, 0.05) is 23.0 Å². The Balaban J connectivity index is 1.24. The number of carboxylic acid groups (broad SMARTS) is 1. The van der Waals surface area contributed by atoms with Gasteiger partial charge in [-0.1, -0.05) is 65.8 Å². The van der Waals surface area contributed by atoms with Gasteiger partial charge in [-0.15, -0.1) is 0 Å². The average Bonchev–Trinajstić information content (AvgIpc) is 3.72. The molecule has 2 heterocycles. The SMILES string of the molecule is COc1ncccc1-c1cccc(Nc2c(C)noc2-c2ccc(-c3ccc(C4(C(=O)O)CC4)cc3)cc2)c1. The average molecular weight is 518 g/mol. The molecule has 1 saturated carbocycles. The zero-order chi connectivity index (χ0) is 27.0. The van der Waals surface area contributed by atoms with Gasteiger partial charge in [0.15, 0.2) is 5.76 Å². The minimum Gasteiger partial charge on any atom is -0.481 e. The molecule has 0 radical (unpaired) electrons. The summed E-state index contributed by atoms with van der Waals surface area (Å²) in [5.74, 6) is 0.478. The number of aliphatic carboxylic acids is 1. The second-order valence-electron chi connectivity index (χ2n) is 9.78. The molecule has 5 aromatic rings. The second kappa shape index (κ2) is 9.76. The molecular weight excluding hydrogens is 490 g/mol. The lowest BCUT2D eigenvalue weighted by Crippen LogP contribution is -2.19. The Bertz CT molecular complexity index is 1650. The minimum atomic E-state index is -0.741. The van der Waals surface area contributed by atoms with Crippen molar-refractivity contribution in [3.8, 4) is 39.5 Å². The first-order valence-electron chi connectivity index (χ1n) is 12.8. The van der Waals surface area contributed by atoms with Crippen LogP contribution in [0.2, 0.25) is 0 Å². The Kier molecular flexibility index (Phi) is 6.11. The third-order valence-electron chi connectivity index (χ3n) is 7.35. The number of benzene rings is 3. The molecule has 0 atom stereocenters. The molecular formula is C32H27N3O4. The molecule has 2 aromatic heterocycles. The standard InChI is InChI=1S/C32H27N3O4/c1-20-28(34-26-6-3-5-24(19-26)27-7-4-18-33-30(27)38-2)29(39-35-20)23-10-8-21(9-11-23)22-12-14-25(15-13-22)32(16-17-32)31(36)37/h3-15,18-19,34H,16-17H2,1-2H3,(H,36,37). The van der Waals surface area contributed by atoms with Crippen LogP contribution < -0.4 is 10.1 Å². The van der Waals surface area contributed by atoms with Crippen molar-refractivity contribution in [3.05, 3.63) is 102 Å². The molecule has 0 bridgehead atoms. The van der Waals surface area contributed by atoms with Crippen molar-refractivity contribution in [2.45, 2.75) is 25.2 Å². The number of aryl methyl sites for hydroxylation is 1. The molecule has 39 heavy (non-hydrogen) atoms. The highest BCUT2D eigenvalue weighted by Crippen LogP contribution is 2.48. The Morgan fingerprint density at radius 2 is 1.62 bits per heavy atom. The van der Waals surface area contributed by atoms with E-state index in [0.717, 1.165) is 50.4 Å². The van der Waals surface area contributed by atoms with Crippen molar-refractivity contribution in [1.29, 1.82) is 0 Å². The van der Waals surface area contributed by atoms with Crippen molar-refractivity contribution >= 4 is 17.3 Å². The fourth-order valence-electron chi connectivity index (χ4n) is 4.94. The maximum Gasteiger partial charge on any atom is 0.314 e. The van der Waals surface area contributed by atoms with Crippen LogP contribution in [0.5, 0.6) is 5.88 Å².